The molecule has 0 aliphatic carbocycles. The summed E-state index contributed by atoms with van der Waals surface area (Å²) in [7, 11) is -13.5. The van der Waals surface area contributed by atoms with Crippen LogP contribution in [0.2, 0.25) is 0 Å². The van der Waals surface area contributed by atoms with Gasteiger partial charge in [0.05, 0.1) is 4.90 Å². The van der Waals surface area contributed by atoms with E-state index < -0.39 is 40.1 Å². The van der Waals surface area contributed by atoms with Gasteiger partial charge in [-0.3, -0.25) is 13.7 Å². The van der Waals surface area contributed by atoms with Crippen LogP contribution >= 0.6 is 0 Å². The van der Waals surface area contributed by atoms with E-state index in [0.29, 0.717) is 5.39 Å². The van der Waals surface area contributed by atoms with Crippen LogP contribution in [0.4, 0.5) is 0 Å². The van der Waals surface area contributed by atoms with E-state index in [4.69, 9.17) is 13.7 Å². The molecule has 9 nitrogen and oxygen atoms in total. The van der Waals surface area contributed by atoms with Gasteiger partial charge in [-0.05, 0) is 23.6 Å². The van der Waals surface area contributed by atoms with Crippen molar-refractivity contribution in [2.45, 2.75) is 14.7 Å². The minimum absolute atomic E-state index is 0.0233. The Kier molecular flexibility index (Phi) is 6.23. The van der Waals surface area contributed by atoms with E-state index in [9.17, 15) is 25.3 Å². The fraction of sp³-hybridized carbons (Fsp3) is 0. The van der Waals surface area contributed by atoms with E-state index in [0.717, 1.165) is 6.07 Å². The first-order valence-corrected chi connectivity index (χ1v) is 11.6. The van der Waals surface area contributed by atoms with E-state index in [-0.39, 0.29) is 10.3 Å². The van der Waals surface area contributed by atoms with Gasteiger partial charge in [0.15, 0.2) is 0 Å². The Labute approximate surface area is 161 Å². The molecule has 0 aliphatic rings. The highest BCUT2D eigenvalue weighted by Crippen LogP contribution is 2.29. The molecule has 0 heterocycles. The number of rotatable bonds is 3. The average Bonchev–Trinajstić information content (AvgIpc) is 2.59. The van der Waals surface area contributed by atoms with E-state index in [2.05, 4.69) is 0 Å². The van der Waals surface area contributed by atoms with Crippen LogP contribution in [0.1, 0.15) is 0 Å². The minimum atomic E-state index is -4.78. The van der Waals surface area contributed by atoms with Crippen molar-refractivity contribution in [1.82, 2.24) is 0 Å². The molecule has 0 unspecified atom stereocenters. The molecule has 0 saturated carbocycles. The molecule has 0 aromatic heterocycles. The average molecular weight is 446 g/mol. The van der Waals surface area contributed by atoms with Crippen LogP contribution in [-0.4, -0.2) is 38.9 Å². The second-order valence-corrected chi connectivity index (χ2v) is 9.52. The van der Waals surface area contributed by atoms with Crippen LogP contribution in [0.3, 0.4) is 0 Å². The summed E-state index contributed by atoms with van der Waals surface area (Å²) in [6.07, 6.45) is 0. The quantitative estimate of drug-likeness (QED) is 0.512. The van der Waals surface area contributed by atoms with E-state index in [1.54, 1.807) is 30.3 Å². The van der Waals surface area contributed by atoms with Crippen molar-refractivity contribution in [2.75, 3.05) is 0 Å². The maximum absolute atomic E-state index is 11.3. The van der Waals surface area contributed by atoms with Crippen molar-refractivity contribution in [3.63, 3.8) is 0 Å². The number of benzene rings is 3. The summed E-state index contributed by atoms with van der Waals surface area (Å²) >= 11 is 0. The first-order chi connectivity index (χ1) is 12.8. The highest BCUT2D eigenvalue weighted by molar-refractivity contribution is 7.89. The fourth-order valence-corrected chi connectivity index (χ4v) is 4.79. The molecule has 3 N–H and O–H groups in total. The normalized spacial score (nSPS) is 12.2. The lowest BCUT2D eigenvalue weighted by atomic mass is 10.1. The van der Waals surface area contributed by atoms with Crippen LogP contribution in [0.5, 0.6) is 0 Å². The Morgan fingerprint density at radius 2 is 1.07 bits per heavy atom. The van der Waals surface area contributed by atoms with Gasteiger partial charge in [0, 0.05) is 5.39 Å². The molecule has 150 valence electrons. The third-order valence-electron chi connectivity index (χ3n) is 3.42. The molecular weight excluding hydrogens is 432 g/mol. The summed E-state index contributed by atoms with van der Waals surface area (Å²) in [5, 5.41) is 0.452. The third kappa shape index (κ3) is 5.34. The van der Waals surface area contributed by atoms with Gasteiger partial charge in [-0.2, -0.15) is 25.3 Å². The summed E-state index contributed by atoms with van der Waals surface area (Å²) in [6.45, 7) is 0. The van der Waals surface area contributed by atoms with Crippen LogP contribution < -0.4 is 0 Å². The summed E-state index contributed by atoms with van der Waals surface area (Å²) in [6, 6.07) is 15.7. The maximum atomic E-state index is 11.3. The standard InChI is InChI=1S/C10H8O6S2.C6H6O3S/c11-17(12,13)9-6-5-7-3-1-2-4-8(7)10(9)18(14,15)16;7-10(8,9)6-4-2-1-3-5-6/h1-6H,(H,11,12,13)(H,14,15,16);1-5H,(H,7,8,9). The molecule has 3 aromatic carbocycles. The van der Waals surface area contributed by atoms with Gasteiger partial charge in [0.2, 0.25) is 0 Å². The predicted octanol–water partition coefficient (Wildman–Crippen LogP) is 2.27. The second kappa shape index (κ2) is 7.95. The van der Waals surface area contributed by atoms with Crippen LogP contribution in [-0.2, 0) is 30.4 Å². The molecule has 3 aromatic rings. The third-order valence-corrected chi connectivity index (χ3v) is 6.27. The lowest BCUT2D eigenvalue weighted by Crippen LogP contribution is -2.09. The lowest BCUT2D eigenvalue weighted by Gasteiger charge is -2.08. The van der Waals surface area contributed by atoms with E-state index in [1.807, 2.05) is 0 Å². The van der Waals surface area contributed by atoms with E-state index in [1.165, 1.54) is 30.3 Å². The first-order valence-electron chi connectivity index (χ1n) is 7.31. The zero-order valence-electron chi connectivity index (χ0n) is 13.9. The van der Waals surface area contributed by atoms with Crippen molar-refractivity contribution in [3.8, 4) is 0 Å². The summed E-state index contributed by atoms with van der Waals surface area (Å²) in [4.78, 5) is -1.73. The largest absolute Gasteiger partial charge is 0.296 e. The van der Waals surface area contributed by atoms with Gasteiger partial charge in [-0.15, -0.1) is 0 Å². The van der Waals surface area contributed by atoms with Gasteiger partial charge in [0.1, 0.15) is 9.79 Å². The highest BCUT2D eigenvalue weighted by atomic mass is 32.2. The number of fused-ring (bicyclic) bond motifs is 1. The van der Waals surface area contributed by atoms with E-state index >= 15 is 0 Å². The molecule has 0 fully saturated rings. The zero-order chi connectivity index (χ0) is 21.2. The smallest absolute Gasteiger partial charge is 0.282 e. The molecule has 0 saturated heterocycles. The van der Waals surface area contributed by atoms with Crippen LogP contribution in [0, 0.1) is 0 Å². The first kappa shape index (κ1) is 21.9. The Balaban J connectivity index is 0.000000237. The monoisotopic (exact) mass is 446 g/mol. The Morgan fingerprint density at radius 1 is 0.536 bits per heavy atom. The molecule has 0 bridgehead atoms. The molecule has 12 heteroatoms. The highest BCUT2D eigenvalue weighted by Gasteiger charge is 2.26. The number of hydrogen-bond donors (Lipinski definition) is 3. The van der Waals surface area contributed by atoms with Gasteiger partial charge in [0.25, 0.3) is 30.4 Å². The Morgan fingerprint density at radius 3 is 1.54 bits per heavy atom. The number of hydrogen-bond acceptors (Lipinski definition) is 6. The van der Waals surface area contributed by atoms with Crippen molar-refractivity contribution < 1.29 is 38.9 Å². The van der Waals surface area contributed by atoms with Gasteiger partial charge >= 0.3 is 0 Å². The zero-order valence-corrected chi connectivity index (χ0v) is 16.3. The summed E-state index contributed by atoms with van der Waals surface area (Å²) in [5.74, 6) is 0. The van der Waals surface area contributed by atoms with Crippen molar-refractivity contribution in [2.24, 2.45) is 0 Å². The topological polar surface area (TPSA) is 163 Å². The van der Waals surface area contributed by atoms with Crippen LogP contribution in [0.15, 0.2) is 81.4 Å². The molecular formula is C16H14O9S3. The van der Waals surface area contributed by atoms with Gasteiger partial charge in [-0.1, -0.05) is 48.5 Å². The molecule has 0 aliphatic heterocycles. The molecule has 0 spiro atoms. The molecule has 28 heavy (non-hydrogen) atoms. The minimum Gasteiger partial charge on any atom is -0.282 e. The second-order valence-electron chi connectivity index (χ2n) is 5.35. The molecule has 3 rings (SSSR count). The summed E-state index contributed by atoms with van der Waals surface area (Å²) < 4.78 is 92.2. The van der Waals surface area contributed by atoms with Crippen LogP contribution in [0.25, 0.3) is 10.8 Å². The summed E-state index contributed by atoms with van der Waals surface area (Å²) in [5.41, 5.74) is 0. The fourth-order valence-electron chi connectivity index (χ4n) is 2.28. The molecule has 0 atom stereocenters. The van der Waals surface area contributed by atoms with Crippen molar-refractivity contribution >= 4 is 41.1 Å². The van der Waals surface area contributed by atoms with Gasteiger partial charge in [-0.25, -0.2) is 0 Å². The predicted molar refractivity (Wildman–Crippen MR) is 99.8 cm³/mol. The van der Waals surface area contributed by atoms with Crippen molar-refractivity contribution in [3.05, 3.63) is 66.7 Å². The molecule has 0 amide bonds. The Hall–Kier alpha value is -2.35. The van der Waals surface area contributed by atoms with Gasteiger partial charge < -0.3 is 0 Å². The lowest BCUT2D eigenvalue weighted by molar-refractivity contribution is 0.467. The SMILES string of the molecule is O=S(=O)(O)c1ccc2ccccc2c1S(=O)(=O)O.O=S(=O)(O)c1ccccc1. The van der Waals surface area contributed by atoms with Crippen molar-refractivity contribution in [1.29, 1.82) is 0 Å². The molecule has 0 radical (unpaired) electrons. The Bertz CT molecular complexity index is 1310. The maximum Gasteiger partial charge on any atom is 0.296 e.